The SMILES string of the molecule is COc1cc(C(C)NC2CCC(c3ccc(C(=O)N4CCN(S(C)=O)CC4)cc3)C2)ccc1F. The summed E-state index contributed by atoms with van der Waals surface area (Å²) >= 11 is 0. The molecule has 2 fully saturated rings. The minimum absolute atomic E-state index is 0.0441. The number of rotatable bonds is 7. The third kappa shape index (κ3) is 5.67. The summed E-state index contributed by atoms with van der Waals surface area (Å²) < 4.78 is 32.3. The van der Waals surface area contributed by atoms with E-state index in [2.05, 4.69) is 24.4 Å². The molecule has 2 aromatic carbocycles. The van der Waals surface area contributed by atoms with Gasteiger partial charge in [0.2, 0.25) is 0 Å². The van der Waals surface area contributed by atoms with E-state index in [1.165, 1.54) is 18.7 Å². The Morgan fingerprint density at radius 3 is 2.47 bits per heavy atom. The molecule has 2 aromatic rings. The lowest BCUT2D eigenvalue weighted by atomic mass is 9.96. The van der Waals surface area contributed by atoms with Crippen LogP contribution in [0.15, 0.2) is 42.5 Å². The summed E-state index contributed by atoms with van der Waals surface area (Å²) in [4.78, 5) is 14.7. The number of hydrogen-bond acceptors (Lipinski definition) is 4. The zero-order valence-electron chi connectivity index (χ0n) is 20.1. The minimum atomic E-state index is -0.980. The molecule has 1 saturated carbocycles. The van der Waals surface area contributed by atoms with E-state index in [-0.39, 0.29) is 23.5 Å². The highest BCUT2D eigenvalue weighted by Gasteiger charge is 2.28. The third-order valence-corrected chi connectivity index (χ3v) is 8.20. The third-order valence-electron chi connectivity index (χ3n) is 7.11. The Balaban J connectivity index is 1.31. The largest absolute Gasteiger partial charge is 0.494 e. The number of nitrogens with zero attached hydrogens (tertiary/aromatic N) is 2. The second kappa shape index (κ2) is 11.0. The quantitative estimate of drug-likeness (QED) is 0.644. The van der Waals surface area contributed by atoms with Crippen molar-refractivity contribution >= 4 is 16.9 Å². The lowest BCUT2D eigenvalue weighted by molar-refractivity contribution is 0.0701. The Kier molecular flexibility index (Phi) is 8.01. The van der Waals surface area contributed by atoms with Crippen molar-refractivity contribution in [1.82, 2.24) is 14.5 Å². The molecule has 4 atom stereocenters. The van der Waals surface area contributed by atoms with Crippen molar-refractivity contribution in [2.24, 2.45) is 0 Å². The van der Waals surface area contributed by atoms with Crippen LogP contribution in [0.5, 0.6) is 5.75 Å². The summed E-state index contributed by atoms with van der Waals surface area (Å²) in [5.41, 5.74) is 2.99. The van der Waals surface area contributed by atoms with E-state index in [0.717, 1.165) is 24.8 Å². The molecular weight excluding hydrogens is 453 g/mol. The summed E-state index contributed by atoms with van der Waals surface area (Å²) in [6, 6.07) is 13.6. The highest BCUT2D eigenvalue weighted by atomic mass is 32.2. The summed E-state index contributed by atoms with van der Waals surface area (Å²) in [7, 11) is 0.502. The smallest absolute Gasteiger partial charge is 0.253 e. The number of carbonyl (C=O) groups is 1. The molecule has 0 bridgehead atoms. The lowest BCUT2D eigenvalue weighted by Crippen LogP contribution is -2.48. The van der Waals surface area contributed by atoms with Gasteiger partial charge in [-0.05, 0) is 67.5 Å². The maximum atomic E-state index is 13.7. The number of carbonyl (C=O) groups excluding carboxylic acids is 1. The van der Waals surface area contributed by atoms with Crippen LogP contribution in [0.25, 0.3) is 0 Å². The van der Waals surface area contributed by atoms with Crippen LogP contribution in [0, 0.1) is 5.82 Å². The maximum absolute atomic E-state index is 13.7. The molecule has 1 aliphatic heterocycles. The van der Waals surface area contributed by atoms with Gasteiger partial charge in [0.1, 0.15) is 0 Å². The van der Waals surface area contributed by atoms with Crippen LogP contribution in [0.4, 0.5) is 4.39 Å². The van der Waals surface area contributed by atoms with E-state index >= 15 is 0 Å². The van der Waals surface area contributed by atoms with Gasteiger partial charge in [0.15, 0.2) is 11.6 Å². The monoisotopic (exact) mass is 487 g/mol. The van der Waals surface area contributed by atoms with Crippen LogP contribution >= 0.6 is 0 Å². The van der Waals surface area contributed by atoms with Gasteiger partial charge in [-0.25, -0.2) is 12.9 Å². The van der Waals surface area contributed by atoms with Crippen LogP contribution in [-0.2, 0) is 11.0 Å². The molecule has 0 radical (unpaired) electrons. The van der Waals surface area contributed by atoms with E-state index in [9.17, 15) is 13.4 Å². The number of ether oxygens (including phenoxy) is 1. The Hall–Kier alpha value is -2.29. The molecule has 1 saturated heterocycles. The van der Waals surface area contributed by atoms with Gasteiger partial charge < -0.3 is 15.0 Å². The van der Waals surface area contributed by atoms with Gasteiger partial charge in [-0.1, -0.05) is 18.2 Å². The molecule has 0 aromatic heterocycles. The highest BCUT2D eigenvalue weighted by molar-refractivity contribution is 7.81. The molecule has 1 heterocycles. The molecule has 8 heteroatoms. The van der Waals surface area contributed by atoms with Crippen LogP contribution in [0.1, 0.15) is 59.6 Å². The summed E-state index contributed by atoms with van der Waals surface area (Å²) in [5, 5.41) is 3.69. The molecule has 1 amide bonds. The second-order valence-electron chi connectivity index (χ2n) is 9.26. The fourth-order valence-corrected chi connectivity index (χ4v) is 5.74. The number of amides is 1. The number of halogens is 1. The molecule has 4 rings (SSSR count). The van der Waals surface area contributed by atoms with E-state index in [4.69, 9.17) is 4.74 Å². The molecule has 0 spiro atoms. The molecule has 1 aliphatic carbocycles. The average molecular weight is 488 g/mol. The van der Waals surface area contributed by atoms with E-state index < -0.39 is 11.0 Å². The number of hydrogen-bond donors (Lipinski definition) is 1. The zero-order valence-corrected chi connectivity index (χ0v) is 20.9. The number of nitrogens with one attached hydrogen (secondary N) is 1. The number of benzene rings is 2. The predicted octanol–water partition coefficient (Wildman–Crippen LogP) is 3.87. The van der Waals surface area contributed by atoms with Crippen molar-refractivity contribution in [1.29, 1.82) is 0 Å². The van der Waals surface area contributed by atoms with Gasteiger partial charge in [0.25, 0.3) is 5.91 Å². The fourth-order valence-electron chi connectivity index (χ4n) is 5.06. The normalized spacial score (nSPS) is 23.0. The molecule has 6 nitrogen and oxygen atoms in total. The van der Waals surface area contributed by atoms with Crippen molar-refractivity contribution in [2.75, 3.05) is 39.5 Å². The first-order valence-corrected chi connectivity index (χ1v) is 13.4. The second-order valence-corrected chi connectivity index (χ2v) is 10.6. The van der Waals surface area contributed by atoms with E-state index in [1.807, 2.05) is 21.3 Å². The summed E-state index contributed by atoms with van der Waals surface area (Å²) in [5.74, 6) is 0.426. The first-order valence-electron chi connectivity index (χ1n) is 11.9. The van der Waals surface area contributed by atoms with Crippen molar-refractivity contribution in [2.45, 2.75) is 44.2 Å². The molecule has 2 aliphatic rings. The van der Waals surface area contributed by atoms with Gasteiger partial charge in [0, 0.05) is 50.1 Å². The predicted molar refractivity (Wildman–Crippen MR) is 133 cm³/mol. The van der Waals surface area contributed by atoms with Crippen LogP contribution in [0.3, 0.4) is 0 Å². The van der Waals surface area contributed by atoms with E-state index in [0.29, 0.717) is 43.7 Å². The lowest BCUT2D eigenvalue weighted by Gasteiger charge is -2.33. The van der Waals surface area contributed by atoms with Crippen molar-refractivity contribution < 1.29 is 18.1 Å². The van der Waals surface area contributed by atoms with Crippen molar-refractivity contribution in [3.8, 4) is 5.75 Å². The Morgan fingerprint density at radius 2 is 1.82 bits per heavy atom. The minimum Gasteiger partial charge on any atom is -0.494 e. The molecular formula is C26H34FN3O3S. The van der Waals surface area contributed by atoms with Gasteiger partial charge in [-0.15, -0.1) is 0 Å². The fraction of sp³-hybridized carbons (Fsp3) is 0.500. The van der Waals surface area contributed by atoms with Crippen LogP contribution < -0.4 is 10.1 Å². The number of methoxy groups -OCH3 is 1. The number of piperazine rings is 1. The summed E-state index contributed by atoms with van der Waals surface area (Å²) in [6.45, 7) is 4.60. The zero-order chi connectivity index (χ0) is 24.2. The Bertz CT molecular complexity index is 1020. The van der Waals surface area contributed by atoms with Gasteiger partial charge in [-0.3, -0.25) is 4.79 Å². The maximum Gasteiger partial charge on any atom is 0.253 e. The summed E-state index contributed by atoms with van der Waals surface area (Å²) in [6.07, 6.45) is 4.89. The Labute approximate surface area is 204 Å². The molecule has 4 unspecified atom stereocenters. The Morgan fingerprint density at radius 1 is 1.12 bits per heavy atom. The van der Waals surface area contributed by atoms with E-state index in [1.54, 1.807) is 18.4 Å². The van der Waals surface area contributed by atoms with Gasteiger partial charge in [0.05, 0.1) is 18.1 Å². The molecule has 1 N–H and O–H groups in total. The van der Waals surface area contributed by atoms with Gasteiger partial charge >= 0.3 is 0 Å². The van der Waals surface area contributed by atoms with Crippen LogP contribution in [-0.4, -0.2) is 64.9 Å². The topological polar surface area (TPSA) is 61.9 Å². The molecule has 34 heavy (non-hydrogen) atoms. The van der Waals surface area contributed by atoms with Crippen LogP contribution in [0.2, 0.25) is 0 Å². The van der Waals surface area contributed by atoms with Crippen molar-refractivity contribution in [3.63, 3.8) is 0 Å². The standard InChI is InChI=1S/C26H34FN3O3S/c1-18(21-9-11-24(27)25(17-21)33-2)28-23-10-8-22(16-23)19-4-6-20(7-5-19)26(31)29-12-14-30(15-13-29)34(3)32/h4-7,9,11,17-18,22-23,28H,8,10,12-16H2,1-3H3. The average Bonchev–Trinajstić information content (AvgIpc) is 3.32. The van der Waals surface area contributed by atoms with Gasteiger partial charge in [-0.2, -0.15) is 0 Å². The van der Waals surface area contributed by atoms with Crippen molar-refractivity contribution in [3.05, 3.63) is 65.0 Å². The first kappa shape index (κ1) is 24.8. The first-order chi connectivity index (χ1) is 16.4. The highest BCUT2D eigenvalue weighted by Crippen LogP contribution is 2.36. The molecule has 184 valence electrons.